The third-order valence-corrected chi connectivity index (χ3v) is 3.38. The van der Waals surface area contributed by atoms with Gasteiger partial charge >= 0.3 is 6.18 Å². The third-order valence-electron chi connectivity index (χ3n) is 3.38. The van der Waals surface area contributed by atoms with Gasteiger partial charge in [-0.1, -0.05) is 0 Å². The molecule has 120 valence electrons. The molecule has 1 N–H and O–H groups in total. The van der Waals surface area contributed by atoms with Crippen molar-refractivity contribution in [1.82, 2.24) is 14.5 Å². The molecule has 3 rings (SSSR count). The van der Waals surface area contributed by atoms with E-state index in [4.69, 9.17) is 4.74 Å². The van der Waals surface area contributed by atoms with Gasteiger partial charge in [0.2, 0.25) is 5.82 Å². The Morgan fingerprint density at radius 3 is 2.52 bits per heavy atom. The molecule has 2 heterocycles. The summed E-state index contributed by atoms with van der Waals surface area (Å²) in [5.74, 6) is 0.00712. The molecule has 0 bridgehead atoms. The Morgan fingerprint density at radius 2 is 1.96 bits per heavy atom. The highest BCUT2D eigenvalue weighted by Crippen LogP contribution is 2.34. The molecule has 0 saturated heterocycles. The summed E-state index contributed by atoms with van der Waals surface area (Å²) in [5.41, 5.74) is 0.815. The number of halogens is 3. The minimum atomic E-state index is -4.59. The van der Waals surface area contributed by atoms with Gasteiger partial charge in [0.05, 0.1) is 30.0 Å². The van der Waals surface area contributed by atoms with Gasteiger partial charge < -0.3 is 10.1 Å². The van der Waals surface area contributed by atoms with Gasteiger partial charge in [-0.3, -0.25) is 4.57 Å². The minimum absolute atomic E-state index is 0.203. The summed E-state index contributed by atoms with van der Waals surface area (Å²) in [4.78, 5) is 7.79. The van der Waals surface area contributed by atoms with Crippen molar-refractivity contribution in [2.45, 2.75) is 6.18 Å². The van der Waals surface area contributed by atoms with Crippen LogP contribution in [0.3, 0.4) is 0 Å². The zero-order chi connectivity index (χ0) is 16.6. The number of anilines is 1. The Kier molecular flexibility index (Phi) is 3.59. The number of nitrogens with zero attached hydrogens (tertiary/aromatic N) is 3. The number of aromatic nitrogens is 3. The predicted octanol–water partition coefficient (Wildman–Crippen LogP) is 3.49. The van der Waals surface area contributed by atoms with Crippen LogP contribution in [0.2, 0.25) is 0 Å². The fourth-order valence-corrected chi connectivity index (χ4v) is 2.30. The second-order valence-electron chi connectivity index (χ2n) is 4.77. The first-order valence-electron chi connectivity index (χ1n) is 6.72. The molecule has 0 amide bonds. The monoisotopic (exact) mass is 322 g/mol. The largest absolute Gasteiger partial charge is 0.497 e. The lowest BCUT2D eigenvalue weighted by Gasteiger charge is -2.11. The van der Waals surface area contributed by atoms with E-state index in [0.717, 1.165) is 4.57 Å². The van der Waals surface area contributed by atoms with Crippen molar-refractivity contribution >= 4 is 16.9 Å². The fourth-order valence-electron chi connectivity index (χ4n) is 2.30. The van der Waals surface area contributed by atoms with Crippen molar-refractivity contribution < 1.29 is 17.9 Å². The van der Waals surface area contributed by atoms with E-state index in [2.05, 4.69) is 15.3 Å². The van der Waals surface area contributed by atoms with Gasteiger partial charge in [0.1, 0.15) is 11.6 Å². The van der Waals surface area contributed by atoms with Crippen molar-refractivity contribution in [3.8, 4) is 11.4 Å². The molecule has 0 saturated carbocycles. The normalized spacial score (nSPS) is 11.7. The number of hydrogen-bond donors (Lipinski definition) is 1. The van der Waals surface area contributed by atoms with Crippen LogP contribution < -0.4 is 10.1 Å². The lowest BCUT2D eigenvalue weighted by molar-refractivity contribution is -0.145. The van der Waals surface area contributed by atoms with Gasteiger partial charge in [0.25, 0.3) is 0 Å². The minimum Gasteiger partial charge on any atom is -0.497 e. The Balaban J connectivity index is 2.27. The van der Waals surface area contributed by atoms with E-state index in [1.165, 1.54) is 19.4 Å². The summed E-state index contributed by atoms with van der Waals surface area (Å²) in [6, 6.07) is 7.76. The summed E-state index contributed by atoms with van der Waals surface area (Å²) in [5, 5.41) is 2.82. The van der Waals surface area contributed by atoms with Crippen LogP contribution >= 0.6 is 0 Å². The molecule has 1 aromatic carbocycles. The smallest absolute Gasteiger partial charge is 0.450 e. The van der Waals surface area contributed by atoms with Gasteiger partial charge in [-0.2, -0.15) is 13.2 Å². The van der Waals surface area contributed by atoms with Crippen LogP contribution in [0, 0.1) is 0 Å². The quantitative estimate of drug-likeness (QED) is 0.802. The van der Waals surface area contributed by atoms with Crippen molar-refractivity contribution in [1.29, 1.82) is 0 Å². The molecule has 0 spiro atoms. The van der Waals surface area contributed by atoms with Crippen LogP contribution in [-0.2, 0) is 6.18 Å². The summed E-state index contributed by atoms with van der Waals surface area (Å²) in [7, 11) is 3.13. The van der Waals surface area contributed by atoms with E-state index in [1.807, 2.05) is 0 Å². The van der Waals surface area contributed by atoms with Crippen LogP contribution in [0.15, 0.2) is 36.5 Å². The summed E-state index contributed by atoms with van der Waals surface area (Å²) in [6.07, 6.45) is -3.22. The molecular weight excluding hydrogens is 309 g/mol. The zero-order valence-corrected chi connectivity index (χ0v) is 12.3. The number of imidazole rings is 1. The number of ether oxygens (including phenoxy) is 1. The first-order valence-corrected chi connectivity index (χ1v) is 6.72. The first kappa shape index (κ1) is 15.1. The van der Waals surface area contributed by atoms with E-state index in [-0.39, 0.29) is 11.2 Å². The van der Waals surface area contributed by atoms with E-state index in [1.54, 1.807) is 31.3 Å². The molecule has 2 aromatic heterocycles. The highest BCUT2D eigenvalue weighted by molar-refractivity contribution is 5.80. The maximum Gasteiger partial charge on any atom is 0.450 e. The Morgan fingerprint density at radius 1 is 1.17 bits per heavy atom. The number of methoxy groups -OCH3 is 1. The summed E-state index contributed by atoms with van der Waals surface area (Å²) < 4.78 is 46.1. The number of fused-ring (bicyclic) bond motifs is 1. The number of alkyl halides is 3. The van der Waals surface area contributed by atoms with Gasteiger partial charge in [0, 0.05) is 13.1 Å². The lowest BCUT2D eigenvalue weighted by Crippen LogP contribution is -2.14. The highest BCUT2D eigenvalue weighted by atomic mass is 19.4. The summed E-state index contributed by atoms with van der Waals surface area (Å²) >= 11 is 0. The molecule has 0 aliphatic heterocycles. The van der Waals surface area contributed by atoms with Crippen molar-refractivity contribution in [2.75, 3.05) is 19.5 Å². The maximum absolute atomic E-state index is 13.4. The Bertz CT molecular complexity index is 840. The second-order valence-corrected chi connectivity index (χ2v) is 4.77. The van der Waals surface area contributed by atoms with E-state index in [0.29, 0.717) is 17.1 Å². The molecule has 0 fully saturated rings. The summed E-state index contributed by atoms with van der Waals surface area (Å²) in [6.45, 7) is 0. The number of pyridine rings is 1. The molecule has 5 nitrogen and oxygen atoms in total. The zero-order valence-electron chi connectivity index (χ0n) is 12.3. The molecule has 0 aliphatic rings. The third kappa shape index (κ3) is 2.67. The molecule has 3 aromatic rings. The molecular formula is C15H13F3N4O. The van der Waals surface area contributed by atoms with Gasteiger partial charge in [-0.05, 0) is 24.3 Å². The van der Waals surface area contributed by atoms with Crippen LogP contribution in [0.1, 0.15) is 5.82 Å². The number of nitrogens with one attached hydrogen (secondary N) is 1. The Hall–Kier alpha value is -2.77. The van der Waals surface area contributed by atoms with Crippen LogP contribution in [0.4, 0.5) is 19.0 Å². The molecule has 0 aliphatic carbocycles. The van der Waals surface area contributed by atoms with Crippen molar-refractivity contribution in [3.05, 3.63) is 42.4 Å². The second kappa shape index (κ2) is 5.45. The van der Waals surface area contributed by atoms with Crippen molar-refractivity contribution in [3.63, 3.8) is 0 Å². The Labute approximate surface area is 129 Å². The van der Waals surface area contributed by atoms with Crippen LogP contribution in [0.25, 0.3) is 16.7 Å². The fraction of sp³-hybridized carbons (Fsp3) is 0.200. The lowest BCUT2D eigenvalue weighted by atomic mass is 10.3. The highest BCUT2D eigenvalue weighted by Gasteiger charge is 2.38. The standard InChI is InChI=1S/C15H13F3N4O/c1-19-13-6-3-9(8-20-13)22-12-5-4-10(23-2)7-11(12)21-14(22)15(16,17)18/h3-8H,1-2H3,(H,19,20). The van der Waals surface area contributed by atoms with Crippen LogP contribution in [-0.4, -0.2) is 28.7 Å². The molecule has 0 atom stereocenters. The number of benzene rings is 1. The van der Waals surface area contributed by atoms with Crippen molar-refractivity contribution in [2.24, 2.45) is 0 Å². The predicted molar refractivity (Wildman–Crippen MR) is 80.0 cm³/mol. The van der Waals surface area contributed by atoms with E-state index in [9.17, 15) is 13.2 Å². The maximum atomic E-state index is 13.4. The molecule has 0 radical (unpaired) electrons. The molecule has 8 heteroatoms. The number of hydrogen-bond acceptors (Lipinski definition) is 4. The average molecular weight is 322 g/mol. The molecule has 0 unspecified atom stereocenters. The van der Waals surface area contributed by atoms with Crippen LogP contribution in [0.5, 0.6) is 5.75 Å². The molecule has 23 heavy (non-hydrogen) atoms. The van der Waals surface area contributed by atoms with E-state index < -0.39 is 12.0 Å². The number of rotatable bonds is 3. The van der Waals surface area contributed by atoms with E-state index >= 15 is 0 Å². The topological polar surface area (TPSA) is 52.0 Å². The first-order chi connectivity index (χ1) is 10.9. The van der Waals surface area contributed by atoms with Gasteiger partial charge in [-0.25, -0.2) is 9.97 Å². The van der Waals surface area contributed by atoms with Gasteiger partial charge in [0.15, 0.2) is 0 Å². The SMILES string of the molecule is CNc1ccc(-n2c(C(F)(F)F)nc3cc(OC)ccc32)cn1. The van der Waals surface area contributed by atoms with Gasteiger partial charge in [-0.15, -0.1) is 0 Å². The average Bonchev–Trinajstić information content (AvgIpc) is 2.93.